The smallest absolute Gasteiger partial charge is 0.226 e. The van der Waals surface area contributed by atoms with Crippen molar-refractivity contribution in [3.63, 3.8) is 0 Å². The molecule has 4 heterocycles. The van der Waals surface area contributed by atoms with Crippen molar-refractivity contribution < 1.29 is 19.3 Å². The Labute approximate surface area is 184 Å². The van der Waals surface area contributed by atoms with Gasteiger partial charge in [0, 0.05) is 6.54 Å². The quantitative estimate of drug-likeness (QED) is 0.578. The highest BCUT2D eigenvalue weighted by Gasteiger charge is 2.57. The first-order chi connectivity index (χ1) is 14.8. The maximum atomic E-state index is 10.2. The lowest BCUT2D eigenvalue weighted by Gasteiger charge is -2.25. The molecule has 1 aromatic carbocycles. The Morgan fingerprint density at radius 1 is 1.19 bits per heavy atom. The zero-order valence-corrected chi connectivity index (χ0v) is 18.2. The van der Waals surface area contributed by atoms with Gasteiger partial charge in [-0.05, 0) is 37.9 Å². The lowest BCUT2D eigenvalue weighted by Crippen LogP contribution is -2.36. The number of hydrogen-bond acceptors (Lipinski definition) is 8. The molecule has 164 valence electrons. The fourth-order valence-electron chi connectivity index (χ4n) is 4.20. The summed E-state index contributed by atoms with van der Waals surface area (Å²) in [6, 6.07) is 9.97. The zero-order chi connectivity index (χ0) is 21.8. The minimum absolute atomic E-state index is 0.0929. The van der Waals surface area contributed by atoms with Gasteiger partial charge in [-0.1, -0.05) is 30.3 Å². The Bertz CT molecular complexity index is 1090. The fraction of sp³-hybridized carbons (Fsp3) is 0.476. The van der Waals surface area contributed by atoms with E-state index < -0.39 is 36.4 Å². The number of aliphatic hydroxyl groups is 1. The highest BCUT2D eigenvalue weighted by molar-refractivity contribution is 6.28. The average Bonchev–Trinajstić information content (AvgIpc) is 3.37. The number of aliphatic hydroxyl groups excluding tert-OH is 1. The molecule has 0 saturated carbocycles. The minimum atomic E-state index is -0.782. The number of halogens is 1. The summed E-state index contributed by atoms with van der Waals surface area (Å²) >= 11 is 6.24. The lowest BCUT2D eigenvalue weighted by atomic mass is 10.1. The van der Waals surface area contributed by atoms with Crippen LogP contribution in [-0.2, 0) is 20.8 Å². The van der Waals surface area contributed by atoms with Crippen LogP contribution in [0, 0.1) is 0 Å². The normalized spacial score (nSPS) is 28.0. The Kier molecular flexibility index (Phi) is 5.10. The standard InChI is InChI=1S/C21H24ClN5O4/c1-11(28)14-15-16(31-21(2,3)30-15)19(29-14)27-10-24-13-17(25-20(22)26-18(13)27)23-9-12-7-5-4-6-8-12/h4-8,10-11,14-16,19,28H,9H2,1-3H3,(H,23,25,26)/t11?,14-,15-,16?,19-/m1/s1. The maximum absolute atomic E-state index is 10.2. The van der Waals surface area contributed by atoms with E-state index in [0.717, 1.165) is 5.56 Å². The highest BCUT2D eigenvalue weighted by Crippen LogP contribution is 2.44. The molecular formula is C21H24ClN5O4. The first kappa shape index (κ1) is 20.6. The van der Waals surface area contributed by atoms with Crippen molar-refractivity contribution in [1.82, 2.24) is 19.5 Å². The number of fused-ring (bicyclic) bond motifs is 2. The number of rotatable bonds is 5. The Hall–Kier alpha value is -2.30. The summed E-state index contributed by atoms with van der Waals surface area (Å²) < 4.78 is 20.0. The van der Waals surface area contributed by atoms with Gasteiger partial charge in [-0.2, -0.15) is 9.97 Å². The van der Waals surface area contributed by atoms with Gasteiger partial charge in [-0.3, -0.25) is 4.57 Å². The van der Waals surface area contributed by atoms with E-state index in [1.807, 2.05) is 44.2 Å². The van der Waals surface area contributed by atoms with Crippen molar-refractivity contribution >= 4 is 28.6 Å². The van der Waals surface area contributed by atoms with Crippen LogP contribution in [0.3, 0.4) is 0 Å². The van der Waals surface area contributed by atoms with E-state index in [4.69, 9.17) is 25.8 Å². The summed E-state index contributed by atoms with van der Waals surface area (Å²) in [5.41, 5.74) is 2.18. The number of aromatic nitrogens is 4. The molecule has 9 nitrogen and oxygen atoms in total. The van der Waals surface area contributed by atoms with Gasteiger partial charge in [-0.25, -0.2) is 4.98 Å². The van der Waals surface area contributed by atoms with Crippen LogP contribution in [0.4, 0.5) is 5.82 Å². The van der Waals surface area contributed by atoms with Gasteiger partial charge in [-0.15, -0.1) is 0 Å². The van der Waals surface area contributed by atoms with E-state index in [-0.39, 0.29) is 5.28 Å². The maximum Gasteiger partial charge on any atom is 0.226 e. The molecule has 2 aliphatic rings. The molecule has 31 heavy (non-hydrogen) atoms. The molecule has 0 radical (unpaired) electrons. The van der Waals surface area contributed by atoms with E-state index in [1.165, 1.54) is 0 Å². The first-order valence-electron chi connectivity index (χ1n) is 10.2. The van der Waals surface area contributed by atoms with Gasteiger partial charge < -0.3 is 24.6 Å². The molecule has 2 fully saturated rings. The molecule has 2 N–H and O–H groups in total. The summed E-state index contributed by atoms with van der Waals surface area (Å²) in [7, 11) is 0. The number of nitrogens with one attached hydrogen (secondary N) is 1. The van der Waals surface area contributed by atoms with Crippen molar-refractivity contribution in [3.8, 4) is 0 Å². The average molecular weight is 446 g/mol. The van der Waals surface area contributed by atoms with Gasteiger partial charge in [0.25, 0.3) is 0 Å². The second-order valence-electron chi connectivity index (χ2n) is 8.30. The molecule has 2 aromatic heterocycles. The molecule has 2 saturated heterocycles. The van der Waals surface area contributed by atoms with Gasteiger partial charge >= 0.3 is 0 Å². The second-order valence-corrected chi connectivity index (χ2v) is 8.64. The van der Waals surface area contributed by atoms with Crippen molar-refractivity contribution in [2.24, 2.45) is 0 Å². The summed E-state index contributed by atoms with van der Waals surface area (Å²) in [6.45, 7) is 5.93. The van der Waals surface area contributed by atoms with Gasteiger partial charge in [0.2, 0.25) is 5.28 Å². The Morgan fingerprint density at radius 2 is 1.94 bits per heavy atom. The van der Waals surface area contributed by atoms with Gasteiger partial charge in [0.05, 0.1) is 12.4 Å². The molecule has 0 aliphatic carbocycles. The topological polar surface area (TPSA) is 104 Å². The highest BCUT2D eigenvalue weighted by atomic mass is 35.5. The summed E-state index contributed by atoms with van der Waals surface area (Å²) in [6.07, 6.45) is -1.06. The van der Waals surface area contributed by atoms with Crippen LogP contribution in [0.15, 0.2) is 36.7 Å². The molecule has 0 amide bonds. The van der Waals surface area contributed by atoms with Gasteiger partial charge in [0.15, 0.2) is 29.0 Å². The summed E-state index contributed by atoms with van der Waals surface area (Å²) in [5.74, 6) is -0.251. The minimum Gasteiger partial charge on any atom is -0.391 e. The van der Waals surface area contributed by atoms with E-state index in [0.29, 0.717) is 23.5 Å². The number of nitrogens with zero attached hydrogens (tertiary/aromatic N) is 4. The van der Waals surface area contributed by atoms with Crippen LogP contribution in [0.2, 0.25) is 5.28 Å². The SMILES string of the molecule is CC(O)[C@H]1O[C@@H](n2cnc3c(NCc4ccccc4)nc(Cl)nc32)C2OC(C)(C)O[C@@H]21. The predicted octanol–water partition coefficient (Wildman–Crippen LogP) is 2.89. The van der Waals surface area contributed by atoms with Crippen LogP contribution in [0.1, 0.15) is 32.6 Å². The first-order valence-corrected chi connectivity index (χ1v) is 10.6. The molecule has 3 aromatic rings. The third kappa shape index (κ3) is 3.77. The molecule has 10 heteroatoms. The number of hydrogen-bond donors (Lipinski definition) is 2. The van der Waals surface area contributed by atoms with Crippen molar-refractivity contribution in [2.75, 3.05) is 5.32 Å². The molecular weight excluding hydrogens is 422 g/mol. The van der Waals surface area contributed by atoms with E-state index in [9.17, 15) is 5.11 Å². The predicted molar refractivity (Wildman–Crippen MR) is 114 cm³/mol. The lowest BCUT2D eigenvalue weighted by molar-refractivity contribution is -0.205. The van der Waals surface area contributed by atoms with Gasteiger partial charge in [0.1, 0.15) is 18.3 Å². The number of anilines is 1. The van der Waals surface area contributed by atoms with Crippen molar-refractivity contribution in [3.05, 3.63) is 47.5 Å². The third-order valence-electron chi connectivity index (χ3n) is 5.51. The third-order valence-corrected chi connectivity index (χ3v) is 5.68. The van der Waals surface area contributed by atoms with Crippen LogP contribution >= 0.6 is 11.6 Å². The zero-order valence-electron chi connectivity index (χ0n) is 17.4. The van der Waals surface area contributed by atoms with E-state index in [1.54, 1.807) is 17.8 Å². The Morgan fingerprint density at radius 3 is 2.68 bits per heavy atom. The van der Waals surface area contributed by atoms with Crippen molar-refractivity contribution in [2.45, 2.75) is 63.7 Å². The van der Waals surface area contributed by atoms with E-state index in [2.05, 4.69) is 20.3 Å². The largest absolute Gasteiger partial charge is 0.391 e. The van der Waals surface area contributed by atoms with E-state index >= 15 is 0 Å². The molecule has 0 bridgehead atoms. The summed E-state index contributed by atoms with van der Waals surface area (Å²) in [5, 5.41) is 13.6. The molecule has 2 aliphatic heterocycles. The monoisotopic (exact) mass is 445 g/mol. The number of benzene rings is 1. The second kappa shape index (κ2) is 7.68. The van der Waals surface area contributed by atoms with Crippen LogP contribution in [0.25, 0.3) is 11.2 Å². The Balaban J connectivity index is 1.49. The van der Waals surface area contributed by atoms with Crippen LogP contribution in [-0.4, -0.2) is 54.8 Å². The molecule has 5 rings (SSSR count). The van der Waals surface area contributed by atoms with Crippen LogP contribution < -0.4 is 5.32 Å². The molecule has 5 atom stereocenters. The molecule has 0 spiro atoms. The number of ether oxygens (including phenoxy) is 3. The fourth-order valence-corrected chi connectivity index (χ4v) is 4.37. The van der Waals surface area contributed by atoms with Crippen LogP contribution in [0.5, 0.6) is 0 Å². The molecule has 2 unspecified atom stereocenters. The van der Waals surface area contributed by atoms with Crippen molar-refractivity contribution in [1.29, 1.82) is 0 Å². The summed E-state index contributed by atoms with van der Waals surface area (Å²) in [4.78, 5) is 13.2. The number of imidazole rings is 1.